The number of pyridine rings is 1. The van der Waals surface area contributed by atoms with Crippen LogP contribution in [-0.4, -0.2) is 52.3 Å². The standard InChI is InChI=1S/C16H17ClN8O/c1-10-8-24(14(26)6-5-12-19-16(17)23-20-12)9-13-21-22-15(25(10)13)11-4-2-3-7-18-11/h2-4,7,10H,5-6,8-9H2,1H3,(H,19,20,23)/t10-/m0/s1. The Kier molecular flexibility index (Phi) is 4.37. The van der Waals surface area contributed by atoms with E-state index in [0.29, 0.717) is 31.8 Å². The lowest BCUT2D eigenvalue weighted by atomic mass is 10.2. The van der Waals surface area contributed by atoms with Crippen molar-refractivity contribution in [1.82, 2.24) is 39.8 Å². The summed E-state index contributed by atoms with van der Waals surface area (Å²) in [7, 11) is 0. The lowest BCUT2D eigenvalue weighted by Gasteiger charge is -2.32. The summed E-state index contributed by atoms with van der Waals surface area (Å²) in [6.45, 7) is 3.08. The second-order valence-corrected chi connectivity index (χ2v) is 6.54. The predicted molar refractivity (Wildman–Crippen MR) is 93.1 cm³/mol. The number of nitrogens with zero attached hydrogens (tertiary/aromatic N) is 7. The number of amides is 1. The highest BCUT2D eigenvalue weighted by atomic mass is 35.5. The molecule has 1 aliphatic rings. The first-order valence-corrected chi connectivity index (χ1v) is 8.69. The molecule has 0 spiro atoms. The molecule has 0 unspecified atom stereocenters. The average molecular weight is 373 g/mol. The van der Waals surface area contributed by atoms with Crippen molar-refractivity contribution in [1.29, 1.82) is 0 Å². The number of aromatic amines is 1. The SMILES string of the molecule is C[C@H]1CN(C(=O)CCc2nc(Cl)n[nH]2)Cc2nnc(-c3ccccn3)n21. The van der Waals surface area contributed by atoms with E-state index in [0.717, 1.165) is 17.3 Å². The average Bonchev–Trinajstić information content (AvgIpc) is 3.26. The van der Waals surface area contributed by atoms with E-state index in [-0.39, 0.29) is 17.2 Å². The minimum atomic E-state index is 0.0398. The molecule has 3 aromatic rings. The largest absolute Gasteiger partial charge is 0.333 e. The highest BCUT2D eigenvalue weighted by Crippen LogP contribution is 2.26. The molecule has 10 heteroatoms. The summed E-state index contributed by atoms with van der Waals surface area (Å²) in [6.07, 6.45) is 2.53. The summed E-state index contributed by atoms with van der Waals surface area (Å²) in [5, 5.41) is 15.2. The zero-order valence-electron chi connectivity index (χ0n) is 14.1. The molecule has 1 N–H and O–H groups in total. The van der Waals surface area contributed by atoms with Crippen LogP contribution in [0, 0.1) is 0 Å². The van der Waals surface area contributed by atoms with E-state index in [1.165, 1.54) is 0 Å². The second-order valence-electron chi connectivity index (χ2n) is 6.20. The monoisotopic (exact) mass is 372 g/mol. The molecule has 3 aromatic heterocycles. The molecule has 4 rings (SSSR count). The van der Waals surface area contributed by atoms with Gasteiger partial charge in [-0.3, -0.25) is 14.9 Å². The molecule has 0 bridgehead atoms. The molecule has 26 heavy (non-hydrogen) atoms. The van der Waals surface area contributed by atoms with Crippen molar-refractivity contribution in [2.45, 2.75) is 32.4 Å². The Morgan fingerprint density at radius 1 is 1.38 bits per heavy atom. The third kappa shape index (κ3) is 3.17. The molecule has 0 fully saturated rings. The number of rotatable bonds is 4. The number of halogens is 1. The van der Waals surface area contributed by atoms with Crippen LogP contribution in [0.5, 0.6) is 0 Å². The van der Waals surface area contributed by atoms with Crippen LogP contribution in [0.4, 0.5) is 0 Å². The number of fused-ring (bicyclic) bond motifs is 1. The number of hydrogen-bond acceptors (Lipinski definition) is 6. The lowest BCUT2D eigenvalue weighted by Crippen LogP contribution is -2.40. The van der Waals surface area contributed by atoms with E-state index in [9.17, 15) is 4.79 Å². The summed E-state index contributed by atoms with van der Waals surface area (Å²) in [5.41, 5.74) is 0.778. The van der Waals surface area contributed by atoms with E-state index in [1.807, 2.05) is 18.2 Å². The predicted octanol–water partition coefficient (Wildman–Crippen LogP) is 1.65. The van der Waals surface area contributed by atoms with Crippen molar-refractivity contribution < 1.29 is 4.79 Å². The first-order chi connectivity index (χ1) is 12.6. The van der Waals surface area contributed by atoms with Gasteiger partial charge in [0.2, 0.25) is 11.2 Å². The van der Waals surface area contributed by atoms with E-state index >= 15 is 0 Å². The second kappa shape index (κ2) is 6.83. The maximum Gasteiger partial charge on any atom is 0.242 e. The number of carbonyl (C=O) groups is 1. The Hall–Kier alpha value is -2.81. The summed E-state index contributed by atoms with van der Waals surface area (Å²) < 4.78 is 2.06. The molecule has 0 aromatic carbocycles. The van der Waals surface area contributed by atoms with E-state index < -0.39 is 0 Å². The van der Waals surface area contributed by atoms with Gasteiger partial charge in [0.15, 0.2) is 11.6 Å². The van der Waals surface area contributed by atoms with Gasteiger partial charge < -0.3 is 9.47 Å². The van der Waals surface area contributed by atoms with Gasteiger partial charge >= 0.3 is 0 Å². The molecule has 1 aliphatic heterocycles. The first-order valence-electron chi connectivity index (χ1n) is 8.31. The number of carbonyl (C=O) groups excluding carboxylic acids is 1. The van der Waals surface area contributed by atoms with E-state index in [4.69, 9.17) is 11.6 Å². The Balaban J connectivity index is 1.48. The quantitative estimate of drug-likeness (QED) is 0.746. The van der Waals surface area contributed by atoms with Crippen molar-refractivity contribution in [3.05, 3.63) is 41.3 Å². The smallest absolute Gasteiger partial charge is 0.242 e. The van der Waals surface area contributed by atoms with Gasteiger partial charge in [0.05, 0.1) is 12.6 Å². The molecule has 1 amide bonds. The number of aryl methyl sites for hydroxylation is 1. The van der Waals surface area contributed by atoms with Crippen LogP contribution in [0.3, 0.4) is 0 Å². The zero-order chi connectivity index (χ0) is 18.1. The topological polar surface area (TPSA) is 105 Å². The fourth-order valence-electron chi connectivity index (χ4n) is 3.16. The van der Waals surface area contributed by atoms with Crippen molar-refractivity contribution in [3.8, 4) is 11.5 Å². The van der Waals surface area contributed by atoms with Gasteiger partial charge in [-0.05, 0) is 30.7 Å². The van der Waals surface area contributed by atoms with Crippen LogP contribution >= 0.6 is 11.6 Å². The van der Waals surface area contributed by atoms with Gasteiger partial charge in [0.25, 0.3) is 0 Å². The number of nitrogens with one attached hydrogen (secondary N) is 1. The molecule has 134 valence electrons. The first kappa shape index (κ1) is 16.6. The van der Waals surface area contributed by atoms with Crippen molar-refractivity contribution in [3.63, 3.8) is 0 Å². The molecule has 0 aliphatic carbocycles. The van der Waals surface area contributed by atoms with Gasteiger partial charge in [-0.1, -0.05) is 6.07 Å². The minimum absolute atomic E-state index is 0.0398. The third-order valence-corrected chi connectivity index (χ3v) is 4.52. The summed E-state index contributed by atoms with van der Waals surface area (Å²) >= 11 is 5.68. The van der Waals surface area contributed by atoms with Crippen molar-refractivity contribution in [2.24, 2.45) is 0 Å². The molecule has 9 nitrogen and oxygen atoms in total. The Morgan fingerprint density at radius 2 is 2.27 bits per heavy atom. The Labute approximate surface area is 154 Å². The number of hydrogen-bond donors (Lipinski definition) is 1. The summed E-state index contributed by atoms with van der Waals surface area (Å²) in [4.78, 5) is 22.7. The normalized spacial score (nSPS) is 16.5. The Bertz CT molecular complexity index is 921. The molecule has 0 saturated heterocycles. The fourth-order valence-corrected chi connectivity index (χ4v) is 3.30. The van der Waals surface area contributed by atoms with Gasteiger partial charge in [0, 0.05) is 25.6 Å². The molecule has 1 atom stereocenters. The van der Waals surface area contributed by atoms with Crippen LogP contribution in [-0.2, 0) is 17.8 Å². The zero-order valence-corrected chi connectivity index (χ0v) is 14.9. The highest BCUT2D eigenvalue weighted by molar-refractivity contribution is 6.28. The summed E-state index contributed by atoms with van der Waals surface area (Å²) in [5.74, 6) is 2.14. The van der Waals surface area contributed by atoms with E-state index in [2.05, 4.69) is 41.9 Å². The number of H-pyrrole nitrogens is 1. The Morgan fingerprint density at radius 3 is 3.00 bits per heavy atom. The van der Waals surface area contributed by atoms with Crippen LogP contribution < -0.4 is 0 Å². The maximum absolute atomic E-state index is 12.6. The van der Waals surface area contributed by atoms with Crippen LogP contribution in [0.2, 0.25) is 5.28 Å². The fraction of sp³-hybridized carbons (Fsp3) is 0.375. The van der Waals surface area contributed by atoms with Crippen molar-refractivity contribution >= 4 is 17.5 Å². The maximum atomic E-state index is 12.6. The third-order valence-electron chi connectivity index (χ3n) is 4.35. The van der Waals surface area contributed by atoms with Crippen LogP contribution in [0.15, 0.2) is 24.4 Å². The van der Waals surface area contributed by atoms with Gasteiger partial charge in [-0.15, -0.1) is 15.3 Å². The van der Waals surface area contributed by atoms with Gasteiger partial charge in [-0.25, -0.2) is 4.98 Å². The minimum Gasteiger partial charge on any atom is -0.333 e. The molecule has 4 heterocycles. The molecular weight excluding hydrogens is 356 g/mol. The van der Waals surface area contributed by atoms with E-state index in [1.54, 1.807) is 11.1 Å². The van der Waals surface area contributed by atoms with Gasteiger partial charge in [0.1, 0.15) is 11.5 Å². The number of aromatic nitrogens is 7. The molecule has 0 radical (unpaired) electrons. The molecular formula is C16H17ClN8O. The van der Waals surface area contributed by atoms with Gasteiger partial charge in [-0.2, -0.15) is 0 Å². The summed E-state index contributed by atoms with van der Waals surface area (Å²) in [6, 6.07) is 5.75. The lowest BCUT2D eigenvalue weighted by molar-refractivity contribution is -0.133. The van der Waals surface area contributed by atoms with Crippen molar-refractivity contribution in [2.75, 3.05) is 6.54 Å². The highest BCUT2D eigenvalue weighted by Gasteiger charge is 2.29. The van der Waals surface area contributed by atoms with Crippen LogP contribution in [0.1, 0.15) is 31.0 Å². The molecule has 0 saturated carbocycles. The van der Waals surface area contributed by atoms with Crippen LogP contribution in [0.25, 0.3) is 11.5 Å².